The van der Waals surface area contributed by atoms with Gasteiger partial charge in [0.15, 0.2) is 0 Å². The third-order valence-electron chi connectivity index (χ3n) is 2.39. The van der Waals surface area contributed by atoms with Gasteiger partial charge in [0.1, 0.15) is 5.69 Å². The van der Waals surface area contributed by atoms with E-state index < -0.39 is 0 Å². The first-order valence-electron chi connectivity index (χ1n) is 5.55. The van der Waals surface area contributed by atoms with Gasteiger partial charge >= 0.3 is 0 Å². The Morgan fingerprint density at radius 1 is 1.50 bits per heavy atom. The Kier molecular flexibility index (Phi) is 4.28. The van der Waals surface area contributed by atoms with Gasteiger partial charge in [-0.15, -0.1) is 0 Å². The van der Waals surface area contributed by atoms with Crippen LogP contribution >= 0.6 is 0 Å². The summed E-state index contributed by atoms with van der Waals surface area (Å²) in [5.41, 5.74) is 1.87. The van der Waals surface area contributed by atoms with Gasteiger partial charge in [-0.2, -0.15) is 0 Å². The molecule has 0 spiro atoms. The van der Waals surface area contributed by atoms with E-state index in [1.807, 2.05) is 13.0 Å². The van der Waals surface area contributed by atoms with Crippen LogP contribution in [0.3, 0.4) is 0 Å². The number of aryl methyl sites for hydroxylation is 2. The monoisotopic (exact) mass is 222 g/mol. The van der Waals surface area contributed by atoms with Crippen LogP contribution in [0, 0.1) is 6.92 Å². The van der Waals surface area contributed by atoms with Crippen molar-refractivity contribution in [3.05, 3.63) is 27.7 Å². The van der Waals surface area contributed by atoms with Gasteiger partial charge in [0.2, 0.25) is 5.91 Å². The Balaban J connectivity index is 2.98. The fourth-order valence-electron chi connectivity index (χ4n) is 1.59. The van der Waals surface area contributed by atoms with Crippen molar-refractivity contribution in [3.63, 3.8) is 0 Å². The maximum absolute atomic E-state index is 11.7. The second-order valence-corrected chi connectivity index (χ2v) is 3.97. The molecular weight excluding hydrogens is 204 g/mol. The molecule has 0 bridgehead atoms. The van der Waals surface area contributed by atoms with Gasteiger partial charge in [0.25, 0.3) is 5.56 Å². The molecule has 0 aromatic carbocycles. The predicted molar refractivity (Wildman–Crippen MR) is 64.7 cm³/mol. The summed E-state index contributed by atoms with van der Waals surface area (Å²) in [6.07, 6.45) is 3.01. The van der Waals surface area contributed by atoms with Crippen LogP contribution in [0.2, 0.25) is 0 Å². The highest BCUT2D eigenvalue weighted by Gasteiger charge is 2.07. The molecule has 0 saturated heterocycles. The zero-order valence-corrected chi connectivity index (χ0v) is 10.0. The summed E-state index contributed by atoms with van der Waals surface area (Å²) in [5.74, 6) is -0.227. The van der Waals surface area contributed by atoms with Crippen LogP contribution in [0.5, 0.6) is 0 Å². The highest BCUT2D eigenvalue weighted by molar-refractivity contribution is 5.89. The zero-order valence-electron chi connectivity index (χ0n) is 10.0. The number of aromatic amines is 1. The van der Waals surface area contributed by atoms with E-state index >= 15 is 0 Å². The Bertz CT molecular complexity index is 435. The molecular formula is C12H18N2O2. The number of hydrogen-bond donors (Lipinski definition) is 2. The number of H-pyrrole nitrogens is 1. The molecule has 2 N–H and O–H groups in total. The quantitative estimate of drug-likeness (QED) is 0.818. The van der Waals surface area contributed by atoms with Crippen LogP contribution in [-0.4, -0.2) is 10.9 Å². The van der Waals surface area contributed by atoms with Crippen molar-refractivity contribution in [2.45, 2.75) is 40.0 Å². The second-order valence-electron chi connectivity index (χ2n) is 3.97. The molecule has 0 saturated carbocycles. The topological polar surface area (TPSA) is 62.0 Å². The number of anilines is 1. The summed E-state index contributed by atoms with van der Waals surface area (Å²) in [6, 6.07) is 1.92. The second kappa shape index (κ2) is 5.49. The number of carbonyl (C=O) groups excluding carboxylic acids is 1. The van der Waals surface area contributed by atoms with E-state index in [1.165, 1.54) is 6.92 Å². The molecule has 1 aromatic rings. The van der Waals surface area contributed by atoms with E-state index in [2.05, 4.69) is 17.2 Å². The lowest BCUT2D eigenvalue weighted by molar-refractivity contribution is -0.114. The normalized spacial score (nSPS) is 10.2. The average molecular weight is 222 g/mol. The fourth-order valence-corrected chi connectivity index (χ4v) is 1.59. The molecule has 0 fully saturated rings. The number of nitrogens with one attached hydrogen (secondary N) is 2. The summed E-state index contributed by atoms with van der Waals surface area (Å²) in [5, 5.41) is 2.54. The molecule has 4 nitrogen and oxygen atoms in total. The van der Waals surface area contributed by atoms with Gasteiger partial charge in [0, 0.05) is 12.6 Å². The molecule has 1 rings (SSSR count). The van der Waals surface area contributed by atoms with Crippen molar-refractivity contribution in [3.8, 4) is 0 Å². The molecule has 0 aliphatic carbocycles. The standard InChI is InChI=1S/C12H18N2O2/c1-4-5-6-10-7-8(2)11(12(16)14-10)13-9(3)15/h7H,4-6H2,1-3H3,(H,13,15)(H,14,16). The third-order valence-corrected chi connectivity index (χ3v) is 2.39. The predicted octanol–water partition coefficient (Wildman–Crippen LogP) is 1.98. The number of hydrogen-bond acceptors (Lipinski definition) is 2. The minimum absolute atomic E-state index is 0.221. The van der Waals surface area contributed by atoms with Crippen molar-refractivity contribution in [2.24, 2.45) is 0 Å². The van der Waals surface area contributed by atoms with Crippen molar-refractivity contribution in [2.75, 3.05) is 5.32 Å². The summed E-state index contributed by atoms with van der Waals surface area (Å²) in [6.45, 7) is 5.33. The summed E-state index contributed by atoms with van der Waals surface area (Å²) in [4.78, 5) is 25.4. The van der Waals surface area contributed by atoms with Crippen molar-refractivity contribution < 1.29 is 4.79 Å². The van der Waals surface area contributed by atoms with E-state index in [0.717, 1.165) is 30.5 Å². The van der Waals surface area contributed by atoms with Crippen LogP contribution in [0.25, 0.3) is 0 Å². The third kappa shape index (κ3) is 3.22. The van der Waals surface area contributed by atoms with Crippen LogP contribution < -0.4 is 10.9 Å². The Morgan fingerprint density at radius 3 is 2.69 bits per heavy atom. The molecule has 16 heavy (non-hydrogen) atoms. The molecule has 1 amide bonds. The number of amides is 1. The van der Waals surface area contributed by atoms with E-state index in [9.17, 15) is 9.59 Å². The number of unbranched alkanes of at least 4 members (excludes halogenated alkanes) is 1. The summed E-state index contributed by atoms with van der Waals surface area (Å²) in [7, 11) is 0. The number of aromatic nitrogens is 1. The van der Waals surface area contributed by atoms with Crippen molar-refractivity contribution >= 4 is 11.6 Å². The van der Waals surface area contributed by atoms with Gasteiger partial charge in [-0.25, -0.2) is 0 Å². The largest absolute Gasteiger partial charge is 0.324 e. The molecule has 1 heterocycles. The van der Waals surface area contributed by atoms with Crippen LogP contribution in [0.15, 0.2) is 10.9 Å². The van der Waals surface area contributed by atoms with Gasteiger partial charge in [0.05, 0.1) is 0 Å². The number of rotatable bonds is 4. The van der Waals surface area contributed by atoms with Gasteiger partial charge in [-0.05, 0) is 31.4 Å². The molecule has 4 heteroatoms. The highest BCUT2D eigenvalue weighted by Crippen LogP contribution is 2.10. The SMILES string of the molecule is CCCCc1cc(C)c(NC(C)=O)c(=O)[nH]1. The van der Waals surface area contributed by atoms with E-state index in [0.29, 0.717) is 5.69 Å². The average Bonchev–Trinajstić information content (AvgIpc) is 2.20. The molecule has 0 aliphatic rings. The lowest BCUT2D eigenvalue weighted by Crippen LogP contribution is -2.20. The van der Waals surface area contributed by atoms with Crippen molar-refractivity contribution in [1.82, 2.24) is 4.98 Å². The van der Waals surface area contributed by atoms with Gasteiger partial charge in [-0.3, -0.25) is 9.59 Å². The van der Waals surface area contributed by atoms with Crippen LogP contribution in [0.1, 0.15) is 37.9 Å². The fraction of sp³-hybridized carbons (Fsp3) is 0.500. The van der Waals surface area contributed by atoms with E-state index in [4.69, 9.17) is 0 Å². The van der Waals surface area contributed by atoms with Gasteiger partial charge < -0.3 is 10.3 Å². The minimum atomic E-state index is -0.227. The van der Waals surface area contributed by atoms with Crippen LogP contribution in [-0.2, 0) is 11.2 Å². The Morgan fingerprint density at radius 2 is 2.19 bits per heavy atom. The first-order chi connectivity index (χ1) is 7.54. The van der Waals surface area contributed by atoms with E-state index in [-0.39, 0.29) is 11.5 Å². The zero-order chi connectivity index (χ0) is 12.1. The first-order valence-corrected chi connectivity index (χ1v) is 5.55. The maximum Gasteiger partial charge on any atom is 0.272 e. The smallest absolute Gasteiger partial charge is 0.272 e. The summed E-state index contributed by atoms with van der Waals surface area (Å²) >= 11 is 0. The molecule has 1 aromatic heterocycles. The maximum atomic E-state index is 11.7. The summed E-state index contributed by atoms with van der Waals surface area (Å²) < 4.78 is 0. The highest BCUT2D eigenvalue weighted by atomic mass is 16.2. The molecule has 0 radical (unpaired) electrons. The van der Waals surface area contributed by atoms with E-state index in [1.54, 1.807) is 0 Å². The number of carbonyl (C=O) groups is 1. The molecule has 0 aliphatic heterocycles. The lowest BCUT2D eigenvalue weighted by Gasteiger charge is -2.07. The first kappa shape index (κ1) is 12.5. The van der Waals surface area contributed by atoms with Crippen LogP contribution in [0.4, 0.5) is 5.69 Å². The minimum Gasteiger partial charge on any atom is -0.324 e. The van der Waals surface area contributed by atoms with Crippen molar-refractivity contribution in [1.29, 1.82) is 0 Å². The number of pyridine rings is 1. The molecule has 88 valence electrons. The lowest BCUT2D eigenvalue weighted by atomic mass is 10.1. The Hall–Kier alpha value is -1.58. The molecule has 0 unspecified atom stereocenters. The molecule has 0 atom stereocenters. The van der Waals surface area contributed by atoms with Gasteiger partial charge in [-0.1, -0.05) is 13.3 Å². The Labute approximate surface area is 95.1 Å².